The highest BCUT2D eigenvalue weighted by molar-refractivity contribution is 7.11. The van der Waals surface area contributed by atoms with E-state index in [1.165, 1.54) is 0 Å². The van der Waals surface area contributed by atoms with Crippen molar-refractivity contribution in [2.75, 3.05) is 4.90 Å². The van der Waals surface area contributed by atoms with Crippen LogP contribution in [0.15, 0.2) is 12.1 Å². The van der Waals surface area contributed by atoms with Gasteiger partial charge in [0.1, 0.15) is 5.01 Å². The van der Waals surface area contributed by atoms with Crippen LogP contribution < -0.4 is 4.90 Å². The number of carbonyl (C=O) groups excluding carboxylic acids is 2. The number of aryl methyl sites for hydroxylation is 4. The second-order valence-electron chi connectivity index (χ2n) is 5.45. The van der Waals surface area contributed by atoms with E-state index in [4.69, 9.17) is 0 Å². The van der Waals surface area contributed by atoms with Crippen molar-refractivity contribution in [2.45, 2.75) is 34.2 Å². The van der Waals surface area contributed by atoms with E-state index in [9.17, 15) is 9.59 Å². The minimum atomic E-state index is -0.454. The number of hydrogen-bond acceptors (Lipinski definition) is 4. The summed E-state index contributed by atoms with van der Waals surface area (Å²) in [4.78, 5) is 31.6. The van der Waals surface area contributed by atoms with E-state index < -0.39 is 11.7 Å². The average Bonchev–Trinajstić information content (AvgIpc) is 2.83. The Hall–Kier alpha value is -2.01. The van der Waals surface area contributed by atoms with Crippen molar-refractivity contribution in [3.8, 4) is 0 Å². The number of rotatable bonds is 2. The van der Waals surface area contributed by atoms with Gasteiger partial charge in [0, 0.05) is 4.88 Å². The van der Waals surface area contributed by atoms with Gasteiger partial charge in [0.25, 0.3) is 11.7 Å². The zero-order valence-corrected chi connectivity index (χ0v) is 13.3. The molecule has 1 aromatic carbocycles. The molecule has 1 aliphatic rings. The molecule has 21 heavy (non-hydrogen) atoms. The van der Waals surface area contributed by atoms with Gasteiger partial charge in [-0.05, 0) is 44.9 Å². The van der Waals surface area contributed by atoms with Crippen molar-refractivity contribution < 1.29 is 9.59 Å². The number of anilines is 1. The smallest absolute Gasteiger partial charge is 0.298 e. The third kappa shape index (κ3) is 2.17. The lowest BCUT2D eigenvalue weighted by molar-refractivity contribution is -0.114. The van der Waals surface area contributed by atoms with Crippen LogP contribution in [0.25, 0.3) is 0 Å². The van der Waals surface area contributed by atoms with E-state index in [0.29, 0.717) is 17.8 Å². The van der Waals surface area contributed by atoms with Crippen molar-refractivity contribution in [2.24, 2.45) is 0 Å². The second-order valence-corrected chi connectivity index (χ2v) is 6.73. The molecule has 1 aromatic heterocycles. The molecule has 2 heterocycles. The van der Waals surface area contributed by atoms with Gasteiger partial charge in [-0.3, -0.25) is 14.5 Å². The monoisotopic (exact) mass is 300 g/mol. The molecule has 0 spiro atoms. The highest BCUT2D eigenvalue weighted by Crippen LogP contribution is 2.34. The molecule has 4 nitrogen and oxygen atoms in total. The predicted octanol–water partition coefficient (Wildman–Crippen LogP) is 3.11. The van der Waals surface area contributed by atoms with Crippen LogP contribution in [0.4, 0.5) is 5.69 Å². The minimum absolute atomic E-state index is 0.361. The number of thiazole rings is 1. The van der Waals surface area contributed by atoms with E-state index in [1.54, 1.807) is 16.2 Å². The van der Waals surface area contributed by atoms with Gasteiger partial charge in [-0.25, -0.2) is 4.98 Å². The fourth-order valence-corrected chi connectivity index (χ4v) is 3.61. The largest absolute Gasteiger partial charge is 0.299 e. The topological polar surface area (TPSA) is 50.3 Å². The molecule has 0 radical (unpaired) electrons. The van der Waals surface area contributed by atoms with Crippen LogP contribution in [-0.2, 0) is 11.3 Å². The molecule has 0 unspecified atom stereocenters. The average molecular weight is 300 g/mol. The molecule has 0 atom stereocenters. The van der Waals surface area contributed by atoms with Crippen LogP contribution in [-0.4, -0.2) is 16.7 Å². The summed E-state index contributed by atoms with van der Waals surface area (Å²) in [6.07, 6.45) is 0. The summed E-state index contributed by atoms with van der Waals surface area (Å²) in [5.74, 6) is -0.864. The molecule has 3 rings (SSSR count). The Labute approximate surface area is 127 Å². The first-order chi connectivity index (χ1) is 9.88. The lowest BCUT2D eigenvalue weighted by atomic mass is 10.0. The normalized spacial score (nSPS) is 14.0. The standard InChI is InChI=1S/C16H16N2O2S/c1-8-5-9(2)14-12(6-8)18(16(20)15(14)19)7-13-17-10(3)11(4)21-13/h5-6H,7H2,1-4H3. The van der Waals surface area contributed by atoms with E-state index in [-0.39, 0.29) is 0 Å². The lowest BCUT2D eigenvalue weighted by Gasteiger charge is -2.15. The van der Waals surface area contributed by atoms with Gasteiger partial charge in [0.15, 0.2) is 0 Å². The number of benzene rings is 1. The Bertz CT molecular complexity index is 757. The number of amides is 1. The molecule has 5 heteroatoms. The summed E-state index contributed by atoms with van der Waals surface area (Å²) in [5, 5.41) is 0.859. The van der Waals surface area contributed by atoms with Gasteiger partial charge in [-0.15, -0.1) is 11.3 Å². The van der Waals surface area contributed by atoms with Gasteiger partial charge in [0.05, 0.1) is 23.5 Å². The maximum Gasteiger partial charge on any atom is 0.299 e. The summed E-state index contributed by atoms with van der Waals surface area (Å²) in [6, 6.07) is 3.84. The number of nitrogens with zero attached hydrogens (tertiary/aromatic N) is 2. The van der Waals surface area contributed by atoms with E-state index in [2.05, 4.69) is 4.98 Å². The molecular formula is C16H16N2O2S. The fraction of sp³-hybridized carbons (Fsp3) is 0.312. The van der Waals surface area contributed by atoms with Crippen molar-refractivity contribution in [3.63, 3.8) is 0 Å². The van der Waals surface area contributed by atoms with Crippen molar-refractivity contribution in [1.82, 2.24) is 4.98 Å². The van der Waals surface area contributed by atoms with Gasteiger partial charge < -0.3 is 0 Å². The zero-order chi connectivity index (χ0) is 15.3. The fourth-order valence-electron chi connectivity index (χ4n) is 2.69. The van der Waals surface area contributed by atoms with E-state index in [0.717, 1.165) is 26.7 Å². The van der Waals surface area contributed by atoms with Crippen LogP contribution in [0.1, 0.15) is 37.1 Å². The molecule has 108 valence electrons. The van der Waals surface area contributed by atoms with Crippen LogP contribution >= 0.6 is 11.3 Å². The van der Waals surface area contributed by atoms with Crippen LogP contribution in [0.2, 0.25) is 0 Å². The highest BCUT2D eigenvalue weighted by atomic mass is 32.1. The first-order valence-electron chi connectivity index (χ1n) is 6.79. The number of fused-ring (bicyclic) bond motifs is 1. The molecule has 0 aliphatic carbocycles. The van der Waals surface area contributed by atoms with Gasteiger partial charge in [-0.1, -0.05) is 6.07 Å². The van der Waals surface area contributed by atoms with Crippen molar-refractivity contribution in [3.05, 3.63) is 44.4 Å². The van der Waals surface area contributed by atoms with Crippen LogP contribution in [0, 0.1) is 27.7 Å². The molecule has 0 N–H and O–H groups in total. The Balaban J connectivity index is 2.05. The Morgan fingerprint density at radius 1 is 1.14 bits per heavy atom. The summed E-state index contributed by atoms with van der Waals surface area (Å²) in [6.45, 7) is 8.17. The maximum atomic E-state index is 12.3. The highest BCUT2D eigenvalue weighted by Gasteiger charge is 2.37. The minimum Gasteiger partial charge on any atom is -0.298 e. The Kier molecular flexibility index (Phi) is 3.17. The molecule has 1 aliphatic heterocycles. The first kappa shape index (κ1) is 13.9. The molecule has 1 amide bonds. The van der Waals surface area contributed by atoms with Gasteiger partial charge in [0.2, 0.25) is 0 Å². The Morgan fingerprint density at radius 2 is 1.86 bits per heavy atom. The number of carbonyl (C=O) groups is 2. The quantitative estimate of drug-likeness (QED) is 0.801. The zero-order valence-electron chi connectivity index (χ0n) is 12.5. The molecular weight excluding hydrogens is 284 g/mol. The maximum absolute atomic E-state index is 12.3. The predicted molar refractivity (Wildman–Crippen MR) is 83.0 cm³/mol. The molecule has 0 saturated carbocycles. The molecule has 0 saturated heterocycles. The second kappa shape index (κ2) is 4.77. The molecule has 2 aromatic rings. The number of Topliss-reactive ketones (excluding diaryl/α,β-unsaturated/α-hetero) is 1. The summed E-state index contributed by atoms with van der Waals surface area (Å²) >= 11 is 1.57. The third-order valence-electron chi connectivity index (χ3n) is 3.78. The summed E-state index contributed by atoms with van der Waals surface area (Å²) < 4.78 is 0. The van der Waals surface area contributed by atoms with E-state index >= 15 is 0 Å². The number of aromatic nitrogens is 1. The van der Waals surface area contributed by atoms with E-state index in [1.807, 2.05) is 39.8 Å². The SMILES string of the molecule is Cc1cc(C)c2c(c1)N(Cc1nc(C)c(C)s1)C(=O)C2=O. The Morgan fingerprint density at radius 3 is 2.48 bits per heavy atom. The summed E-state index contributed by atoms with van der Waals surface area (Å²) in [7, 11) is 0. The van der Waals surface area contributed by atoms with Crippen LogP contribution in [0.5, 0.6) is 0 Å². The summed E-state index contributed by atoms with van der Waals surface area (Å²) in [5.41, 5.74) is 4.14. The number of ketones is 1. The van der Waals surface area contributed by atoms with Gasteiger partial charge >= 0.3 is 0 Å². The molecule has 0 fully saturated rings. The van der Waals surface area contributed by atoms with Gasteiger partial charge in [-0.2, -0.15) is 0 Å². The molecule has 0 bridgehead atoms. The van der Waals surface area contributed by atoms with Crippen LogP contribution in [0.3, 0.4) is 0 Å². The third-order valence-corrected chi connectivity index (χ3v) is 4.84. The number of hydrogen-bond donors (Lipinski definition) is 0. The van der Waals surface area contributed by atoms with Crippen molar-refractivity contribution >= 4 is 28.7 Å². The van der Waals surface area contributed by atoms with Crippen molar-refractivity contribution in [1.29, 1.82) is 0 Å². The lowest BCUT2D eigenvalue weighted by Crippen LogP contribution is -2.29. The first-order valence-corrected chi connectivity index (χ1v) is 7.60.